The van der Waals surface area contributed by atoms with Crippen LogP contribution in [0.4, 0.5) is 11.9 Å². The van der Waals surface area contributed by atoms with Gasteiger partial charge in [-0.25, -0.2) is 19.9 Å². The SMILES string of the molecule is Cl.Cl.c1cnc(N2CCN(CCCCOCCCCN3CCN(c4ncccn4)CC3)CC2)nc1. The highest BCUT2D eigenvalue weighted by molar-refractivity contribution is 5.85. The van der Waals surface area contributed by atoms with Gasteiger partial charge < -0.3 is 14.5 Å². The van der Waals surface area contributed by atoms with Gasteiger partial charge in [-0.1, -0.05) is 0 Å². The molecule has 9 nitrogen and oxygen atoms in total. The molecule has 0 N–H and O–H groups in total. The first-order valence-electron chi connectivity index (χ1n) is 12.4. The molecule has 2 aromatic rings. The fraction of sp³-hybridized carbons (Fsp3) is 0.667. The molecule has 2 saturated heterocycles. The molecule has 2 fully saturated rings. The van der Waals surface area contributed by atoms with E-state index in [1.807, 2.05) is 36.9 Å². The van der Waals surface area contributed by atoms with Crippen LogP contribution in [0.2, 0.25) is 0 Å². The lowest BCUT2D eigenvalue weighted by atomic mass is 10.2. The van der Waals surface area contributed by atoms with Crippen LogP contribution in [0.15, 0.2) is 36.9 Å². The van der Waals surface area contributed by atoms with Crippen molar-refractivity contribution in [2.24, 2.45) is 0 Å². The molecule has 11 heteroatoms. The van der Waals surface area contributed by atoms with Crippen molar-refractivity contribution in [3.63, 3.8) is 0 Å². The van der Waals surface area contributed by atoms with Gasteiger partial charge in [-0.3, -0.25) is 9.80 Å². The number of piperazine rings is 2. The van der Waals surface area contributed by atoms with E-state index in [0.29, 0.717) is 0 Å². The molecule has 0 amide bonds. The maximum atomic E-state index is 5.88. The molecule has 0 saturated carbocycles. The lowest BCUT2D eigenvalue weighted by Crippen LogP contribution is -2.47. The Morgan fingerprint density at radius 3 is 1.29 bits per heavy atom. The average Bonchev–Trinajstić information content (AvgIpc) is 2.89. The zero-order chi connectivity index (χ0) is 22.6. The Morgan fingerprint density at radius 1 is 0.543 bits per heavy atom. The third-order valence-electron chi connectivity index (χ3n) is 6.44. The first-order valence-corrected chi connectivity index (χ1v) is 12.4. The molecule has 2 aliphatic rings. The Morgan fingerprint density at radius 2 is 0.914 bits per heavy atom. The van der Waals surface area contributed by atoms with Gasteiger partial charge in [-0.2, -0.15) is 0 Å². The minimum atomic E-state index is 0. The largest absolute Gasteiger partial charge is 0.381 e. The summed E-state index contributed by atoms with van der Waals surface area (Å²) in [4.78, 5) is 27.1. The highest BCUT2D eigenvalue weighted by atomic mass is 35.5. The number of hydrogen-bond donors (Lipinski definition) is 0. The number of nitrogens with zero attached hydrogens (tertiary/aromatic N) is 8. The van der Waals surface area contributed by atoms with E-state index >= 15 is 0 Å². The molecule has 0 unspecified atom stereocenters. The molecule has 2 aliphatic heterocycles. The summed E-state index contributed by atoms with van der Waals surface area (Å²) in [6, 6.07) is 3.73. The van der Waals surface area contributed by atoms with Crippen LogP contribution in [0.3, 0.4) is 0 Å². The van der Waals surface area contributed by atoms with Crippen molar-refractivity contribution in [3.05, 3.63) is 36.9 Å². The van der Waals surface area contributed by atoms with Gasteiger partial charge in [0.15, 0.2) is 0 Å². The lowest BCUT2D eigenvalue weighted by Gasteiger charge is -2.34. The van der Waals surface area contributed by atoms with Gasteiger partial charge in [-0.15, -0.1) is 24.8 Å². The third-order valence-corrected chi connectivity index (χ3v) is 6.44. The van der Waals surface area contributed by atoms with E-state index in [-0.39, 0.29) is 24.8 Å². The predicted octanol–water partition coefficient (Wildman–Crippen LogP) is 2.63. The Balaban J connectivity index is 0.00000216. The van der Waals surface area contributed by atoms with Crippen molar-refractivity contribution in [2.45, 2.75) is 25.7 Å². The van der Waals surface area contributed by atoms with E-state index in [4.69, 9.17) is 4.74 Å². The van der Waals surface area contributed by atoms with Crippen LogP contribution in [0.1, 0.15) is 25.7 Å². The van der Waals surface area contributed by atoms with Gasteiger partial charge in [0.05, 0.1) is 0 Å². The van der Waals surface area contributed by atoms with Crippen LogP contribution >= 0.6 is 24.8 Å². The number of anilines is 2. The van der Waals surface area contributed by atoms with E-state index in [9.17, 15) is 0 Å². The third kappa shape index (κ3) is 10.0. The van der Waals surface area contributed by atoms with Crippen LogP contribution < -0.4 is 9.80 Å². The summed E-state index contributed by atoms with van der Waals surface area (Å²) < 4.78 is 5.88. The summed E-state index contributed by atoms with van der Waals surface area (Å²) >= 11 is 0. The summed E-state index contributed by atoms with van der Waals surface area (Å²) in [5.41, 5.74) is 0. The molecule has 35 heavy (non-hydrogen) atoms. The molecule has 4 heterocycles. The number of rotatable bonds is 12. The van der Waals surface area contributed by atoms with E-state index < -0.39 is 0 Å². The Kier molecular flexibility index (Phi) is 14.1. The van der Waals surface area contributed by atoms with E-state index in [0.717, 1.165) is 103 Å². The number of aromatic nitrogens is 4. The Labute approximate surface area is 222 Å². The van der Waals surface area contributed by atoms with Crippen LogP contribution in [0, 0.1) is 0 Å². The fourth-order valence-electron chi connectivity index (χ4n) is 4.43. The van der Waals surface area contributed by atoms with E-state index in [2.05, 4.69) is 39.5 Å². The maximum absolute atomic E-state index is 5.88. The second-order valence-electron chi connectivity index (χ2n) is 8.78. The highest BCUT2D eigenvalue weighted by Gasteiger charge is 2.19. The molecule has 0 atom stereocenters. The average molecular weight is 528 g/mol. The molecule has 0 spiro atoms. The number of ether oxygens (including phenoxy) is 1. The van der Waals surface area contributed by atoms with Crippen molar-refractivity contribution in [3.8, 4) is 0 Å². The van der Waals surface area contributed by atoms with Gasteiger partial charge in [0, 0.05) is 90.4 Å². The second kappa shape index (κ2) is 16.8. The lowest BCUT2D eigenvalue weighted by molar-refractivity contribution is 0.119. The Hall–Kier alpha value is -1.78. The molecule has 4 rings (SSSR count). The van der Waals surface area contributed by atoms with Crippen LogP contribution in [-0.4, -0.2) is 108 Å². The van der Waals surface area contributed by atoms with E-state index in [1.165, 1.54) is 12.8 Å². The number of unbranched alkanes of at least 4 members (excludes halogenated alkanes) is 2. The molecule has 0 aromatic carbocycles. The zero-order valence-electron chi connectivity index (χ0n) is 20.6. The summed E-state index contributed by atoms with van der Waals surface area (Å²) in [6.07, 6.45) is 12.0. The van der Waals surface area contributed by atoms with Crippen molar-refractivity contribution in [2.75, 3.05) is 88.5 Å². The maximum Gasteiger partial charge on any atom is 0.225 e. The van der Waals surface area contributed by atoms with Crippen molar-refractivity contribution < 1.29 is 4.74 Å². The van der Waals surface area contributed by atoms with Gasteiger partial charge in [0.1, 0.15) is 0 Å². The first-order chi connectivity index (χ1) is 16.4. The second-order valence-corrected chi connectivity index (χ2v) is 8.78. The van der Waals surface area contributed by atoms with Gasteiger partial charge in [0.25, 0.3) is 0 Å². The molecular weight excluding hydrogens is 487 g/mol. The van der Waals surface area contributed by atoms with Gasteiger partial charge >= 0.3 is 0 Å². The smallest absolute Gasteiger partial charge is 0.225 e. The highest BCUT2D eigenvalue weighted by Crippen LogP contribution is 2.11. The predicted molar refractivity (Wildman–Crippen MR) is 145 cm³/mol. The normalized spacial score (nSPS) is 17.0. The van der Waals surface area contributed by atoms with E-state index in [1.54, 1.807) is 0 Å². The fourth-order valence-corrected chi connectivity index (χ4v) is 4.43. The zero-order valence-corrected chi connectivity index (χ0v) is 22.2. The standard InChI is InChI=1S/C24H38N8O.2ClH/c1(11-29-13-17-31(18-14-29)23-25-7-5-8-26-23)3-21-33-22-4-2-12-30-15-19-32(20-16-30)24-27-9-6-10-28-24;;/h5-10H,1-4,11-22H2;2*1H. The van der Waals surface area contributed by atoms with Crippen LogP contribution in [0.25, 0.3) is 0 Å². The minimum Gasteiger partial charge on any atom is -0.381 e. The van der Waals surface area contributed by atoms with Crippen LogP contribution in [-0.2, 0) is 4.74 Å². The Bertz CT molecular complexity index is 710. The minimum absolute atomic E-state index is 0. The summed E-state index contributed by atoms with van der Waals surface area (Å²) in [7, 11) is 0. The topological polar surface area (TPSA) is 73.8 Å². The number of hydrogen-bond acceptors (Lipinski definition) is 9. The summed E-state index contributed by atoms with van der Waals surface area (Å²) in [5, 5.41) is 0. The molecule has 196 valence electrons. The molecule has 0 bridgehead atoms. The molecule has 2 aromatic heterocycles. The summed E-state index contributed by atoms with van der Waals surface area (Å²) in [6.45, 7) is 12.5. The monoisotopic (exact) mass is 526 g/mol. The van der Waals surface area contributed by atoms with Crippen molar-refractivity contribution >= 4 is 36.7 Å². The van der Waals surface area contributed by atoms with Crippen molar-refractivity contribution in [1.29, 1.82) is 0 Å². The molecule has 0 aliphatic carbocycles. The number of halogens is 2. The first kappa shape index (κ1) is 29.5. The van der Waals surface area contributed by atoms with Crippen molar-refractivity contribution in [1.82, 2.24) is 29.7 Å². The van der Waals surface area contributed by atoms with Crippen LogP contribution in [0.5, 0.6) is 0 Å². The van der Waals surface area contributed by atoms with Gasteiger partial charge in [0.2, 0.25) is 11.9 Å². The molecular formula is C24H40Cl2N8O. The quantitative estimate of drug-likeness (QED) is 0.388. The van der Waals surface area contributed by atoms with Gasteiger partial charge in [-0.05, 0) is 50.9 Å². The molecule has 0 radical (unpaired) electrons. The summed E-state index contributed by atoms with van der Waals surface area (Å²) in [5.74, 6) is 1.71.